The number of nitrogens with one attached hydrogen (secondary N) is 2. The molecule has 1 aliphatic heterocycles. The summed E-state index contributed by atoms with van der Waals surface area (Å²) in [5.74, 6) is 1.70. The second kappa shape index (κ2) is 7.18. The molecule has 25 heavy (non-hydrogen) atoms. The number of ether oxygens (including phenoxy) is 1. The lowest BCUT2D eigenvalue weighted by Gasteiger charge is -2.32. The number of hydrogen-bond acceptors (Lipinski definition) is 3. The Balaban J connectivity index is 1.40. The monoisotopic (exact) mass is 357 g/mol. The van der Waals surface area contributed by atoms with E-state index in [0.29, 0.717) is 19.2 Å². The highest BCUT2D eigenvalue weighted by Gasteiger charge is 2.43. The van der Waals surface area contributed by atoms with Gasteiger partial charge in [0.15, 0.2) is 6.54 Å². The summed E-state index contributed by atoms with van der Waals surface area (Å²) in [6, 6.07) is 10.4. The standard InChI is InChI=1S/C20H24N2O2S/c1-2-24-16-7-5-15(6-8-16)21-19(23)13-22-11-9-18-17(10-12-25-18)20(22)14-3-4-14/h5-8,10,12,14,20H,2-4,9,11,13H2,1H3,(H,21,23)/p+1/t20-/m1/s1. The fourth-order valence-corrected chi connectivity index (χ4v) is 4.84. The Labute approximate surface area is 152 Å². The molecule has 4 rings (SSSR count). The number of amides is 1. The summed E-state index contributed by atoms with van der Waals surface area (Å²) in [6.07, 6.45) is 3.72. The summed E-state index contributed by atoms with van der Waals surface area (Å²) in [7, 11) is 0. The van der Waals surface area contributed by atoms with Crippen LogP contribution in [0.4, 0.5) is 5.69 Å². The molecule has 0 radical (unpaired) electrons. The van der Waals surface area contributed by atoms with Crippen molar-refractivity contribution in [2.75, 3.05) is 25.0 Å². The van der Waals surface area contributed by atoms with E-state index in [1.807, 2.05) is 42.5 Å². The maximum Gasteiger partial charge on any atom is 0.279 e. The Kier molecular flexibility index (Phi) is 4.77. The van der Waals surface area contributed by atoms with E-state index in [4.69, 9.17) is 4.74 Å². The molecule has 1 aromatic carbocycles. The van der Waals surface area contributed by atoms with Gasteiger partial charge in [-0.2, -0.15) is 0 Å². The molecule has 5 heteroatoms. The Morgan fingerprint density at radius 2 is 2.08 bits per heavy atom. The molecule has 1 unspecified atom stereocenters. The summed E-state index contributed by atoms with van der Waals surface area (Å²) in [4.78, 5) is 15.5. The second-order valence-corrected chi connectivity index (χ2v) is 7.96. The van der Waals surface area contributed by atoms with Crippen molar-refractivity contribution in [3.8, 4) is 5.75 Å². The highest BCUT2D eigenvalue weighted by atomic mass is 32.1. The fourth-order valence-electron chi connectivity index (χ4n) is 3.91. The smallest absolute Gasteiger partial charge is 0.279 e. The van der Waals surface area contributed by atoms with Gasteiger partial charge >= 0.3 is 0 Å². The van der Waals surface area contributed by atoms with Crippen molar-refractivity contribution >= 4 is 22.9 Å². The summed E-state index contributed by atoms with van der Waals surface area (Å²) < 4.78 is 5.44. The lowest BCUT2D eigenvalue weighted by atomic mass is 9.96. The predicted octanol–water partition coefficient (Wildman–Crippen LogP) is 2.68. The molecular formula is C20H25N2O2S+. The highest BCUT2D eigenvalue weighted by molar-refractivity contribution is 7.10. The predicted molar refractivity (Wildman–Crippen MR) is 100 cm³/mol. The number of anilines is 1. The lowest BCUT2D eigenvalue weighted by Crippen LogP contribution is -3.14. The molecule has 1 saturated carbocycles. The average molecular weight is 357 g/mol. The minimum absolute atomic E-state index is 0.100. The molecule has 1 aromatic heterocycles. The van der Waals surface area contributed by atoms with E-state index in [9.17, 15) is 4.79 Å². The number of carbonyl (C=O) groups excluding carboxylic acids is 1. The lowest BCUT2D eigenvalue weighted by molar-refractivity contribution is -0.928. The number of benzene rings is 1. The fraction of sp³-hybridized carbons (Fsp3) is 0.450. The van der Waals surface area contributed by atoms with E-state index >= 15 is 0 Å². The third kappa shape index (κ3) is 3.72. The van der Waals surface area contributed by atoms with Gasteiger partial charge in [0.05, 0.1) is 13.2 Å². The van der Waals surface area contributed by atoms with Gasteiger partial charge in [0.1, 0.15) is 11.8 Å². The van der Waals surface area contributed by atoms with Crippen LogP contribution in [0, 0.1) is 5.92 Å². The SMILES string of the molecule is CCOc1ccc(NC(=O)C[NH+]2CCc3sccc3[C@H]2C2CC2)cc1. The molecule has 132 valence electrons. The first kappa shape index (κ1) is 16.6. The van der Waals surface area contributed by atoms with Gasteiger partial charge in [-0.3, -0.25) is 4.79 Å². The number of hydrogen-bond donors (Lipinski definition) is 2. The molecule has 1 amide bonds. The largest absolute Gasteiger partial charge is 0.494 e. The van der Waals surface area contributed by atoms with Crippen LogP contribution in [0.25, 0.3) is 0 Å². The van der Waals surface area contributed by atoms with Crippen molar-refractivity contribution in [2.45, 2.75) is 32.2 Å². The Morgan fingerprint density at radius 1 is 1.28 bits per heavy atom. The van der Waals surface area contributed by atoms with Crippen molar-refractivity contribution in [3.05, 3.63) is 46.2 Å². The Morgan fingerprint density at radius 3 is 2.80 bits per heavy atom. The first-order valence-corrected chi connectivity index (χ1v) is 10.1. The van der Waals surface area contributed by atoms with Crippen molar-refractivity contribution in [1.82, 2.24) is 0 Å². The molecule has 2 aromatic rings. The van der Waals surface area contributed by atoms with Gasteiger partial charge in [-0.25, -0.2) is 0 Å². The van der Waals surface area contributed by atoms with E-state index in [0.717, 1.165) is 30.3 Å². The number of quaternary nitrogens is 1. The number of thiophene rings is 1. The molecule has 2 aliphatic rings. The van der Waals surface area contributed by atoms with E-state index in [-0.39, 0.29) is 5.91 Å². The van der Waals surface area contributed by atoms with Gasteiger partial charge in [0.25, 0.3) is 5.91 Å². The molecule has 1 fully saturated rings. The van der Waals surface area contributed by atoms with Gasteiger partial charge in [0.2, 0.25) is 0 Å². The highest BCUT2D eigenvalue weighted by Crippen LogP contribution is 2.42. The molecule has 0 bridgehead atoms. The minimum atomic E-state index is 0.100. The van der Waals surface area contributed by atoms with Gasteiger partial charge in [-0.05, 0) is 55.5 Å². The number of carbonyl (C=O) groups is 1. The zero-order valence-corrected chi connectivity index (χ0v) is 15.4. The van der Waals surface area contributed by atoms with Crippen LogP contribution in [0.15, 0.2) is 35.7 Å². The number of rotatable bonds is 6. The first-order chi connectivity index (χ1) is 12.2. The van der Waals surface area contributed by atoms with Crippen molar-refractivity contribution < 1.29 is 14.4 Å². The van der Waals surface area contributed by atoms with E-state index in [1.54, 1.807) is 0 Å². The van der Waals surface area contributed by atoms with Crippen molar-refractivity contribution in [2.24, 2.45) is 5.92 Å². The molecule has 2 atom stereocenters. The second-order valence-electron chi connectivity index (χ2n) is 6.95. The summed E-state index contributed by atoms with van der Waals surface area (Å²) in [6.45, 7) is 4.22. The minimum Gasteiger partial charge on any atom is -0.494 e. The van der Waals surface area contributed by atoms with Gasteiger partial charge in [-0.15, -0.1) is 11.3 Å². The third-order valence-electron chi connectivity index (χ3n) is 5.16. The quantitative estimate of drug-likeness (QED) is 0.835. The van der Waals surface area contributed by atoms with Crippen LogP contribution >= 0.6 is 11.3 Å². The molecule has 2 heterocycles. The zero-order chi connectivity index (χ0) is 17.2. The topological polar surface area (TPSA) is 42.8 Å². The van der Waals surface area contributed by atoms with E-state index in [1.165, 1.54) is 28.2 Å². The molecular weight excluding hydrogens is 332 g/mol. The summed E-state index contributed by atoms with van der Waals surface area (Å²) in [5.41, 5.74) is 2.34. The Bertz CT molecular complexity index is 736. The van der Waals surface area contributed by atoms with Gasteiger partial charge in [-0.1, -0.05) is 0 Å². The van der Waals surface area contributed by atoms with Gasteiger partial charge < -0.3 is 15.0 Å². The van der Waals surface area contributed by atoms with Crippen LogP contribution < -0.4 is 15.0 Å². The van der Waals surface area contributed by atoms with Crippen LogP contribution in [-0.4, -0.2) is 25.6 Å². The average Bonchev–Trinajstić information content (AvgIpc) is 3.33. The molecule has 0 spiro atoms. The van der Waals surface area contributed by atoms with Crippen LogP contribution in [0.5, 0.6) is 5.75 Å². The maximum absolute atomic E-state index is 12.6. The van der Waals surface area contributed by atoms with E-state index in [2.05, 4.69) is 16.8 Å². The molecule has 2 N–H and O–H groups in total. The molecule has 0 saturated heterocycles. The zero-order valence-electron chi connectivity index (χ0n) is 14.6. The Hall–Kier alpha value is -1.85. The normalized spacial score (nSPS) is 22.3. The van der Waals surface area contributed by atoms with Crippen LogP contribution in [0.3, 0.4) is 0 Å². The van der Waals surface area contributed by atoms with Crippen LogP contribution in [0.2, 0.25) is 0 Å². The van der Waals surface area contributed by atoms with Crippen LogP contribution in [0.1, 0.15) is 36.2 Å². The van der Waals surface area contributed by atoms with E-state index < -0.39 is 0 Å². The molecule has 1 aliphatic carbocycles. The first-order valence-electron chi connectivity index (χ1n) is 9.18. The van der Waals surface area contributed by atoms with Crippen LogP contribution in [-0.2, 0) is 11.2 Å². The summed E-state index contributed by atoms with van der Waals surface area (Å²) in [5, 5.41) is 5.25. The van der Waals surface area contributed by atoms with Crippen molar-refractivity contribution in [1.29, 1.82) is 0 Å². The maximum atomic E-state index is 12.6. The summed E-state index contributed by atoms with van der Waals surface area (Å²) >= 11 is 1.88. The molecule has 4 nitrogen and oxygen atoms in total. The number of fused-ring (bicyclic) bond motifs is 1. The van der Waals surface area contributed by atoms with Gasteiger partial charge in [0, 0.05) is 28.5 Å². The third-order valence-corrected chi connectivity index (χ3v) is 6.15. The van der Waals surface area contributed by atoms with Crippen molar-refractivity contribution in [3.63, 3.8) is 0 Å².